The first kappa shape index (κ1) is 19.4. The molecule has 1 aromatic carbocycles. The highest BCUT2D eigenvalue weighted by atomic mass is 32.1. The smallest absolute Gasteiger partial charge is 0.360 e. The Hall–Kier alpha value is -2.94. The number of nitrogen functional groups attached to an aromatic ring is 1. The van der Waals surface area contributed by atoms with Crippen LogP contribution in [0.5, 0.6) is 0 Å². The molecule has 138 valence electrons. The van der Waals surface area contributed by atoms with Gasteiger partial charge in [-0.15, -0.1) is 11.3 Å². The van der Waals surface area contributed by atoms with E-state index in [1.807, 2.05) is 0 Å². The molecule has 2 rings (SSSR count). The molecule has 0 aliphatic rings. The molecule has 0 saturated carbocycles. The number of aliphatic carboxylic acids is 1. The SMILES string of the molecule is CC(C)(C)OC(=O)C(O/N=C(\C(=O)O)c1csc(N)n1)c1ccccc1. The Morgan fingerprint density at radius 3 is 2.42 bits per heavy atom. The molecule has 0 bridgehead atoms. The zero-order valence-corrected chi connectivity index (χ0v) is 15.3. The van der Waals surface area contributed by atoms with Gasteiger partial charge in [0.2, 0.25) is 11.8 Å². The molecule has 1 heterocycles. The second kappa shape index (κ2) is 7.96. The number of oxime groups is 1. The van der Waals surface area contributed by atoms with Crippen molar-refractivity contribution in [1.82, 2.24) is 4.98 Å². The van der Waals surface area contributed by atoms with Gasteiger partial charge in [0, 0.05) is 10.9 Å². The first-order chi connectivity index (χ1) is 12.2. The molecule has 0 radical (unpaired) electrons. The number of anilines is 1. The van der Waals surface area contributed by atoms with Crippen LogP contribution in [0.2, 0.25) is 0 Å². The van der Waals surface area contributed by atoms with E-state index in [-0.39, 0.29) is 10.8 Å². The molecule has 1 atom stereocenters. The zero-order chi connectivity index (χ0) is 19.3. The van der Waals surface area contributed by atoms with Crippen molar-refractivity contribution < 1.29 is 24.3 Å². The molecule has 8 nitrogen and oxygen atoms in total. The van der Waals surface area contributed by atoms with Crippen LogP contribution in [0.25, 0.3) is 0 Å². The number of carbonyl (C=O) groups excluding carboxylic acids is 1. The Labute approximate surface area is 154 Å². The Bertz CT molecular complexity index is 811. The zero-order valence-electron chi connectivity index (χ0n) is 14.5. The van der Waals surface area contributed by atoms with Crippen LogP contribution in [-0.4, -0.2) is 33.3 Å². The number of hydrogen-bond donors (Lipinski definition) is 2. The molecule has 1 aromatic heterocycles. The van der Waals surface area contributed by atoms with Crippen LogP contribution in [0.15, 0.2) is 40.9 Å². The van der Waals surface area contributed by atoms with Gasteiger partial charge in [-0.05, 0) is 20.8 Å². The van der Waals surface area contributed by atoms with Crippen molar-refractivity contribution in [1.29, 1.82) is 0 Å². The Kier molecular flexibility index (Phi) is 5.93. The number of nitrogens with zero attached hydrogens (tertiary/aromatic N) is 2. The summed E-state index contributed by atoms with van der Waals surface area (Å²) in [6, 6.07) is 8.54. The minimum absolute atomic E-state index is 0.0519. The summed E-state index contributed by atoms with van der Waals surface area (Å²) in [6.07, 6.45) is -1.22. The van der Waals surface area contributed by atoms with E-state index in [0.29, 0.717) is 5.56 Å². The Morgan fingerprint density at radius 2 is 1.92 bits per heavy atom. The standard InChI is InChI=1S/C17H19N3O5S/c1-17(2,3)24-15(23)13(10-7-5-4-6-8-10)25-20-12(14(21)22)11-9-26-16(18)19-11/h4-9,13H,1-3H3,(H2,18,19)(H,21,22)/b20-12-. The molecule has 3 N–H and O–H groups in total. The van der Waals surface area contributed by atoms with E-state index >= 15 is 0 Å². The second-order valence-corrected chi connectivity index (χ2v) is 7.14. The van der Waals surface area contributed by atoms with Gasteiger partial charge in [0.05, 0.1) is 0 Å². The molecule has 0 fully saturated rings. The van der Waals surface area contributed by atoms with Crippen molar-refractivity contribution in [3.8, 4) is 0 Å². The van der Waals surface area contributed by atoms with Crippen molar-refractivity contribution in [3.63, 3.8) is 0 Å². The van der Waals surface area contributed by atoms with Gasteiger partial charge < -0.3 is 20.4 Å². The van der Waals surface area contributed by atoms with Crippen LogP contribution in [-0.2, 0) is 19.2 Å². The number of benzene rings is 1. The summed E-state index contributed by atoms with van der Waals surface area (Å²) >= 11 is 1.07. The quantitative estimate of drug-likeness (QED) is 0.450. The van der Waals surface area contributed by atoms with Gasteiger partial charge in [-0.3, -0.25) is 0 Å². The van der Waals surface area contributed by atoms with Crippen LogP contribution >= 0.6 is 11.3 Å². The van der Waals surface area contributed by atoms with Gasteiger partial charge >= 0.3 is 11.9 Å². The predicted molar refractivity (Wildman–Crippen MR) is 96.8 cm³/mol. The lowest BCUT2D eigenvalue weighted by Crippen LogP contribution is -2.29. The minimum Gasteiger partial charge on any atom is -0.476 e. The molecule has 0 saturated heterocycles. The van der Waals surface area contributed by atoms with E-state index in [9.17, 15) is 14.7 Å². The summed E-state index contributed by atoms with van der Waals surface area (Å²) in [4.78, 5) is 33.1. The highest BCUT2D eigenvalue weighted by Crippen LogP contribution is 2.23. The normalized spacial score (nSPS) is 13.1. The Balaban J connectivity index is 2.33. The fourth-order valence-electron chi connectivity index (χ4n) is 1.92. The van der Waals surface area contributed by atoms with Crippen LogP contribution in [0.1, 0.15) is 38.1 Å². The molecule has 0 aliphatic carbocycles. The summed E-state index contributed by atoms with van der Waals surface area (Å²) in [5.74, 6) is -2.04. The van der Waals surface area contributed by atoms with Crippen LogP contribution in [0, 0.1) is 0 Å². The molecular formula is C17H19N3O5S. The molecule has 1 unspecified atom stereocenters. The van der Waals surface area contributed by atoms with Crippen molar-refractivity contribution in [2.24, 2.45) is 5.16 Å². The average molecular weight is 377 g/mol. The number of aromatic nitrogens is 1. The van der Waals surface area contributed by atoms with E-state index < -0.39 is 29.4 Å². The number of hydrogen-bond acceptors (Lipinski definition) is 8. The van der Waals surface area contributed by atoms with Crippen molar-refractivity contribution in [2.75, 3.05) is 5.73 Å². The molecule has 0 aliphatic heterocycles. The fraction of sp³-hybridized carbons (Fsp3) is 0.294. The third kappa shape index (κ3) is 5.28. The molecule has 26 heavy (non-hydrogen) atoms. The summed E-state index contributed by atoms with van der Waals surface area (Å²) in [5, 5.41) is 14.6. The monoisotopic (exact) mass is 377 g/mol. The van der Waals surface area contributed by atoms with E-state index in [1.54, 1.807) is 51.1 Å². The summed E-state index contributed by atoms with van der Waals surface area (Å²) in [5.41, 5.74) is 4.86. The maximum absolute atomic E-state index is 12.5. The number of ether oxygens (including phenoxy) is 1. The van der Waals surface area contributed by atoms with Crippen molar-refractivity contribution in [2.45, 2.75) is 32.5 Å². The lowest BCUT2D eigenvalue weighted by Gasteiger charge is -2.23. The maximum atomic E-state index is 12.5. The highest BCUT2D eigenvalue weighted by Gasteiger charge is 2.29. The van der Waals surface area contributed by atoms with Gasteiger partial charge in [-0.2, -0.15) is 0 Å². The molecule has 0 amide bonds. The first-order valence-corrected chi connectivity index (χ1v) is 8.51. The largest absolute Gasteiger partial charge is 0.476 e. The van der Waals surface area contributed by atoms with Crippen molar-refractivity contribution in [3.05, 3.63) is 47.0 Å². The van der Waals surface area contributed by atoms with Gasteiger partial charge in [-0.25, -0.2) is 14.6 Å². The Morgan fingerprint density at radius 1 is 1.27 bits per heavy atom. The third-order valence-electron chi connectivity index (χ3n) is 2.94. The van der Waals surface area contributed by atoms with Gasteiger partial charge in [-0.1, -0.05) is 35.5 Å². The average Bonchev–Trinajstić information content (AvgIpc) is 2.96. The summed E-state index contributed by atoms with van der Waals surface area (Å²) in [6.45, 7) is 5.16. The summed E-state index contributed by atoms with van der Waals surface area (Å²) in [7, 11) is 0. The minimum atomic E-state index is -1.36. The lowest BCUT2D eigenvalue weighted by molar-refractivity contribution is -0.169. The molecule has 2 aromatic rings. The van der Waals surface area contributed by atoms with Crippen LogP contribution in [0.3, 0.4) is 0 Å². The molecule has 0 spiro atoms. The topological polar surface area (TPSA) is 124 Å². The fourth-order valence-corrected chi connectivity index (χ4v) is 2.47. The van der Waals surface area contributed by atoms with Crippen LogP contribution in [0.4, 0.5) is 5.13 Å². The maximum Gasteiger partial charge on any atom is 0.360 e. The summed E-state index contributed by atoms with van der Waals surface area (Å²) < 4.78 is 5.34. The predicted octanol–water partition coefficient (Wildman–Crippen LogP) is 2.61. The van der Waals surface area contributed by atoms with Gasteiger partial charge in [0.1, 0.15) is 11.3 Å². The third-order valence-corrected chi connectivity index (χ3v) is 3.61. The number of esters is 1. The van der Waals surface area contributed by atoms with E-state index in [1.165, 1.54) is 5.38 Å². The number of thiazole rings is 1. The number of carbonyl (C=O) groups is 2. The van der Waals surface area contributed by atoms with Crippen LogP contribution < -0.4 is 5.73 Å². The molecular weight excluding hydrogens is 358 g/mol. The van der Waals surface area contributed by atoms with E-state index in [4.69, 9.17) is 15.3 Å². The van der Waals surface area contributed by atoms with Gasteiger partial charge in [0.15, 0.2) is 5.13 Å². The number of rotatable bonds is 6. The second-order valence-electron chi connectivity index (χ2n) is 6.25. The number of carboxylic acid groups (broad SMARTS) is 1. The number of carboxylic acids is 1. The van der Waals surface area contributed by atoms with Gasteiger partial charge in [0.25, 0.3) is 0 Å². The van der Waals surface area contributed by atoms with E-state index in [0.717, 1.165) is 11.3 Å². The van der Waals surface area contributed by atoms with Crippen molar-refractivity contribution >= 4 is 34.1 Å². The molecule has 9 heteroatoms. The lowest BCUT2D eigenvalue weighted by atomic mass is 10.1. The van der Waals surface area contributed by atoms with E-state index in [2.05, 4.69) is 10.1 Å². The first-order valence-electron chi connectivity index (χ1n) is 7.63. The number of nitrogens with two attached hydrogens (primary N) is 1. The highest BCUT2D eigenvalue weighted by molar-refractivity contribution is 7.13.